The summed E-state index contributed by atoms with van der Waals surface area (Å²) in [6.07, 6.45) is 1.75. The molecule has 0 saturated carbocycles. The third-order valence-electron chi connectivity index (χ3n) is 7.90. The summed E-state index contributed by atoms with van der Waals surface area (Å²) in [6, 6.07) is 26.2. The van der Waals surface area contributed by atoms with Gasteiger partial charge in [-0.25, -0.2) is 0 Å². The normalized spacial score (nSPS) is 15.9. The average molecular weight is 653 g/mol. The third kappa shape index (κ3) is 5.77. The van der Waals surface area contributed by atoms with Gasteiger partial charge >= 0.3 is 0 Å². The summed E-state index contributed by atoms with van der Waals surface area (Å²) in [5, 5.41) is 26.7. The molecule has 1 saturated heterocycles. The number of ether oxygens (including phenoxy) is 1. The van der Waals surface area contributed by atoms with Crippen LogP contribution in [0.1, 0.15) is 34.7 Å². The first-order valence-corrected chi connectivity index (χ1v) is 15.4. The van der Waals surface area contributed by atoms with Crippen LogP contribution < -0.4 is 15.0 Å². The second kappa shape index (κ2) is 12.6. The predicted octanol–water partition coefficient (Wildman–Crippen LogP) is 7.64. The van der Waals surface area contributed by atoms with E-state index in [1.807, 2.05) is 60.9 Å². The van der Waals surface area contributed by atoms with E-state index < -0.39 is 9.85 Å². The fraction of sp³-hybridized carbons (Fsp3) is 0.152. The van der Waals surface area contributed by atoms with Crippen molar-refractivity contribution >= 4 is 46.2 Å². The van der Waals surface area contributed by atoms with Crippen LogP contribution in [-0.2, 0) is 0 Å². The molecule has 2 atom stereocenters. The molecule has 5 aromatic rings. The molecule has 2 aromatic heterocycles. The summed E-state index contributed by atoms with van der Waals surface area (Å²) in [4.78, 5) is 30.4. The molecule has 1 fully saturated rings. The zero-order chi connectivity index (χ0) is 32.5. The van der Waals surface area contributed by atoms with Gasteiger partial charge in [0.05, 0.1) is 40.4 Å². The number of benzene rings is 3. The van der Waals surface area contributed by atoms with Crippen molar-refractivity contribution in [1.82, 2.24) is 14.9 Å². The number of rotatable bonds is 9. The lowest BCUT2D eigenvalue weighted by atomic mass is 9.96. The molecule has 1 N–H and O–H groups in total. The van der Waals surface area contributed by atoms with Gasteiger partial charge in [-0.15, -0.1) is 0 Å². The number of nitrogens with one attached hydrogen (secondary N) is 1. The quantitative estimate of drug-likeness (QED) is 0.0963. The number of methoxy groups -OCH3 is 1. The number of anilines is 1. The zero-order valence-corrected chi connectivity index (χ0v) is 26.6. The highest BCUT2D eigenvalue weighted by molar-refractivity contribution is 7.99. The van der Waals surface area contributed by atoms with Crippen LogP contribution in [0.2, 0.25) is 0 Å². The average Bonchev–Trinajstić information content (AvgIpc) is 3.55. The SMILES string of the molecule is COc1ccc([N+](=O)[O-])cc1-n1c(C)cc([C@@H]2[C@@H](c3ccccn3)NC(=S)N2c2ccc(Sc3ccc([N+](=O)[O-])cc3)cc2)c1C. The Hall–Kier alpha value is -5.27. The fourth-order valence-electron chi connectivity index (χ4n) is 5.82. The fourth-order valence-corrected chi connectivity index (χ4v) is 6.98. The Bertz CT molecular complexity index is 1950. The smallest absolute Gasteiger partial charge is 0.271 e. The Morgan fingerprint density at radius 3 is 2.15 bits per heavy atom. The van der Waals surface area contributed by atoms with Gasteiger partial charge in [0.1, 0.15) is 5.75 Å². The summed E-state index contributed by atoms with van der Waals surface area (Å²) < 4.78 is 7.59. The van der Waals surface area contributed by atoms with E-state index in [2.05, 4.69) is 21.3 Å². The van der Waals surface area contributed by atoms with Gasteiger partial charge in [0.2, 0.25) is 0 Å². The Balaban J connectivity index is 1.41. The second-order valence-corrected chi connectivity index (χ2v) is 12.2. The largest absolute Gasteiger partial charge is 0.495 e. The van der Waals surface area contributed by atoms with E-state index in [-0.39, 0.29) is 23.5 Å². The second-order valence-electron chi connectivity index (χ2n) is 10.6. The minimum absolute atomic E-state index is 0.0340. The minimum Gasteiger partial charge on any atom is -0.495 e. The molecule has 0 bridgehead atoms. The molecule has 232 valence electrons. The molecular weight excluding hydrogens is 625 g/mol. The first-order valence-electron chi connectivity index (χ1n) is 14.2. The van der Waals surface area contributed by atoms with Gasteiger partial charge in [-0.1, -0.05) is 17.8 Å². The minimum atomic E-state index is -0.417. The summed E-state index contributed by atoms with van der Waals surface area (Å²) in [5.41, 5.74) is 4.99. The number of nitro groups is 2. The molecule has 1 aliphatic heterocycles. The summed E-state index contributed by atoms with van der Waals surface area (Å²) >= 11 is 7.44. The number of aromatic nitrogens is 2. The molecule has 3 aromatic carbocycles. The Morgan fingerprint density at radius 1 is 0.891 bits per heavy atom. The Morgan fingerprint density at radius 2 is 1.54 bits per heavy atom. The highest BCUT2D eigenvalue weighted by atomic mass is 32.2. The number of thiocarbonyl (C=S) groups is 1. The molecular formula is C33H28N6O5S2. The van der Waals surface area contributed by atoms with Gasteiger partial charge < -0.3 is 19.5 Å². The number of non-ortho nitro benzene ring substituents is 2. The topological polar surface area (TPSA) is 129 Å². The monoisotopic (exact) mass is 652 g/mol. The number of aryl methyl sites for hydroxylation is 1. The van der Waals surface area contributed by atoms with Gasteiger partial charge in [-0.3, -0.25) is 25.2 Å². The standard InChI is InChI=1S/C33H28N6O5S2/c1-20-18-27(21(2)36(20)29-19-24(39(42)43)11-16-30(29)44-3)32-31(28-6-4-5-17-34-28)35-33(45)37(32)22-7-12-25(13-8-22)46-26-14-9-23(10-15-26)38(40)41/h4-19,31-32H,1-3H3,(H,35,45)/t31-,32-/m1/s1. The highest BCUT2D eigenvalue weighted by Crippen LogP contribution is 2.45. The lowest BCUT2D eigenvalue weighted by Gasteiger charge is -2.28. The van der Waals surface area contributed by atoms with Crippen LogP contribution >= 0.6 is 24.0 Å². The molecule has 0 unspecified atom stereocenters. The van der Waals surface area contributed by atoms with Crippen molar-refractivity contribution in [2.24, 2.45) is 0 Å². The van der Waals surface area contributed by atoms with Crippen LogP contribution in [0, 0.1) is 34.1 Å². The van der Waals surface area contributed by atoms with E-state index in [1.165, 1.54) is 36.0 Å². The number of hydrogen-bond donors (Lipinski definition) is 1. The molecule has 0 radical (unpaired) electrons. The Labute approximate surface area is 274 Å². The maximum absolute atomic E-state index is 11.7. The predicted molar refractivity (Wildman–Crippen MR) is 180 cm³/mol. The van der Waals surface area contributed by atoms with Crippen molar-refractivity contribution in [2.45, 2.75) is 35.7 Å². The van der Waals surface area contributed by atoms with Crippen molar-refractivity contribution < 1.29 is 14.6 Å². The van der Waals surface area contributed by atoms with E-state index >= 15 is 0 Å². The maximum Gasteiger partial charge on any atom is 0.271 e. The van der Waals surface area contributed by atoms with Gasteiger partial charge in [-0.2, -0.15) is 0 Å². The van der Waals surface area contributed by atoms with Crippen LogP contribution in [0.3, 0.4) is 0 Å². The van der Waals surface area contributed by atoms with Crippen molar-refractivity contribution in [3.8, 4) is 11.4 Å². The van der Waals surface area contributed by atoms with Crippen molar-refractivity contribution in [2.75, 3.05) is 12.0 Å². The van der Waals surface area contributed by atoms with Gasteiger partial charge in [-0.05, 0) is 92.3 Å². The molecule has 46 heavy (non-hydrogen) atoms. The first kappa shape index (κ1) is 30.7. The van der Waals surface area contributed by atoms with E-state index in [4.69, 9.17) is 17.0 Å². The summed E-state index contributed by atoms with van der Waals surface area (Å²) in [5.74, 6) is 0.512. The summed E-state index contributed by atoms with van der Waals surface area (Å²) in [7, 11) is 1.54. The Kier molecular flexibility index (Phi) is 8.43. The van der Waals surface area contributed by atoms with Crippen LogP contribution in [-0.4, -0.2) is 31.6 Å². The van der Waals surface area contributed by atoms with Crippen LogP contribution in [0.4, 0.5) is 17.1 Å². The maximum atomic E-state index is 11.7. The molecule has 1 aliphatic rings. The zero-order valence-electron chi connectivity index (χ0n) is 25.0. The summed E-state index contributed by atoms with van der Waals surface area (Å²) in [6.45, 7) is 3.94. The van der Waals surface area contributed by atoms with Crippen LogP contribution in [0.25, 0.3) is 5.69 Å². The van der Waals surface area contributed by atoms with E-state index in [0.29, 0.717) is 16.5 Å². The highest BCUT2D eigenvalue weighted by Gasteiger charge is 2.42. The van der Waals surface area contributed by atoms with Crippen molar-refractivity contribution in [1.29, 1.82) is 0 Å². The van der Waals surface area contributed by atoms with E-state index in [9.17, 15) is 20.2 Å². The van der Waals surface area contributed by atoms with Crippen molar-refractivity contribution in [3.63, 3.8) is 0 Å². The van der Waals surface area contributed by atoms with Gasteiger partial charge in [0.15, 0.2) is 5.11 Å². The first-order chi connectivity index (χ1) is 22.2. The molecule has 6 rings (SSSR count). The van der Waals surface area contributed by atoms with Gasteiger partial charge in [0.25, 0.3) is 11.4 Å². The van der Waals surface area contributed by atoms with E-state index in [0.717, 1.165) is 38.1 Å². The molecule has 3 heterocycles. The molecule has 0 aliphatic carbocycles. The van der Waals surface area contributed by atoms with Gasteiger partial charge in [0, 0.05) is 57.3 Å². The van der Waals surface area contributed by atoms with E-state index in [1.54, 1.807) is 31.5 Å². The number of pyridine rings is 1. The lowest BCUT2D eigenvalue weighted by Crippen LogP contribution is -2.29. The van der Waals surface area contributed by atoms with Crippen LogP contribution in [0.15, 0.2) is 107 Å². The molecule has 0 spiro atoms. The number of nitrogens with zero attached hydrogens (tertiary/aromatic N) is 5. The number of hydrogen-bond acceptors (Lipinski definition) is 8. The van der Waals surface area contributed by atoms with Crippen molar-refractivity contribution in [3.05, 3.63) is 140 Å². The molecule has 13 heteroatoms. The van der Waals surface area contributed by atoms with Crippen LogP contribution in [0.5, 0.6) is 5.75 Å². The molecule has 0 amide bonds. The number of nitro benzene ring substituents is 2. The third-order valence-corrected chi connectivity index (χ3v) is 9.23. The molecule has 11 nitrogen and oxygen atoms in total. The lowest BCUT2D eigenvalue weighted by molar-refractivity contribution is -0.385.